The van der Waals surface area contributed by atoms with Crippen LogP contribution in [0.25, 0.3) is 11.2 Å². The number of imidazole rings is 1. The second-order valence-electron chi connectivity index (χ2n) is 5.68. The number of carboxylic acid groups (broad SMARTS) is 1. The predicted octanol–water partition coefficient (Wildman–Crippen LogP) is 3.81. The fourth-order valence-electron chi connectivity index (χ4n) is 2.53. The highest BCUT2D eigenvalue weighted by Crippen LogP contribution is 2.32. The van der Waals surface area contributed by atoms with Crippen molar-refractivity contribution in [1.29, 1.82) is 0 Å². The Kier molecular flexibility index (Phi) is 4.23. The van der Waals surface area contributed by atoms with Crippen LogP contribution in [-0.2, 0) is 10.3 Å². The average Bonchev–Trinajstić information content (AvgIpc) is 2.78. The van der Waals surface area contributed by atoms with Crippen LogP contribution in [0.4, 0.5) is 0 Å². The van der Waals surface area contributed by atoms with Crippen molar-refractivity contribution in [1.82, 2.24) is 14.5 Å². The highest BCUT2D eigenvalue weighted by atomic mass is 35.5. The van der Waals surface area contributed by atoms with Crippen LogP contribution in [0, 0.1) is 0 Å². The monoisotopic (exact) mass is 309 g/mol. The molecule has 21 heavy (non-hydrogen) atoms. The van der Waals surface area contributed by atoms with Gasteiger partial charge in [0.15, 0.2) is 5.65 Å². The number of hydrogen-bond donors (Lipinski definition) is 1. The Morgan fingerprint density at radius 2 is 2.05 bits per heavy atom. The lowest BCUT2D eigenvalue weighted by molar-refractivity contribution is -0.145. The largest absolute Gasteiger partial charge is 0.480 e. The third kappa shape index (κ3) is 2.62. The molecular formula is C15H20ClN3O2. The summed E-state index contributed by atoms with van der Waals surface area (Å²) in [5.74, 6) is 0.0412. The first-order chi connectivity index (χ1) is 9.82. The smallest absolute Gasteiger partial charge is 0.329 e. The second kappa shape index (κ2) is 5.64. The molecule has 0 aromatic carbocycles. The number of carbonyl (C=O) groups is 1. The Labute approximate surface area is 129 Å². The molecular weight excluding hydrogens is 290 g/mol. The summed E-state index contributed by atoms with van der Waals surface area (Å²) in [5, 5.41) is 10.1. The topological polar surface area (TPSA) is 68.0 Å². The second-order valence-corrected chi connectivity index (χ2v) is 6.12. The van der Waals surface area contributed by atoms with E-state index in [2.05, 4.69) is 23.8 Å². The van der Waals surface area contributed by atoms with E-state index in [4.69, 9.17) is 11.6 Å². The molecule has 0 aliphatic rings. The Bertz CT molecular complexity index is 675. The van der Waals surface area contributed by atoms with Crippen LogP contribution < -0.4 is 0 Å². The molecule has 0 radical (unpaired) electrons. The summed E-state index contributed by atoms with van der Waals surface area (Å²) in [4.78, 5) is 20.6. The fourth-order valence-corrected chi connectivity index (χ4v) is 2.68. The molecule has 0 bridgehead atoms. The minimum absolute atomic E-state index is 0.191. The molecule has 114 valence electrons. The summed E-state index contributed by atoms with van der Waals surface area (Å²) in [6.45, 7) is 7.48. The van der Waals surface area contributed by atoms with Crippen LogP contribution in [0.5, 0.6) is 0 Å². The lowest BCUT2D eigenvalue weighted by Gasteiger charge is -2.26. The van der Waals surface area contributed by atoms with Crippen molar-refractivity contribution in [2.75, 3.05) is 0 Å². The van der Waals surface area contributed by atoms with Crippen LogP contribution in [0.3, 0.4) is 0 Å². The van der Waals surface area contributed by atoms with Gasteiger partial charge >= 0.3 is 5.97 Å². The molecule has 0 aliphatic carbocycles. The zero-order valence-corrected chi connectivity index (χ0v) is 13.5. The van der Waals surface area contributed by atoms with E-state index in [1.165, 1.54) is 6.20 Å². The molecule has 2 heterocycles. The number of nitrogens with zero attached hydrogens (tertiary/aromatic N) is 3. The molecule has 0 amide bonds. The van der Waals surface area contributed by atoms with Crippen molar-refractivity contribution in [3.8, 4) is 0 Å². The summed E-state index contributed by atoms with van der Waals surface area (Å²) in [7, 11) is 0. The molecule has 1 N–H and O–H groups in total. The molecule has 6 heteroatoms. The molecule has 2 rings (SSSR count). The van der Waals surface area contributed by atoms with Crippen molar-refractivity contribution in [3.63, 3.8) is 0 Å². The van der Waals surface area contributed by atoms with Gasteiger partial charge in [0.05, 0.1) is 5.02 Å². The molecule has 2 aromatic rings. The first-order valence-electron chi connectivity index (χ1n) is 7.10. The molecule has 0 fully saturated rings. The van der Waals surface area contributed by atoms with Crippen molar-refractivity contribution in [2.45, 2.75) is 52.0 Å². The molecule has 5 nitrogen and oxygen atoms in total. The number of carboxylic acids is 1. The maximum Gasteiger partial charge on any atom is 0.329 e. The first-order valence-corrected chi connectivity index (χ1v) is 7.48. The van der Waals surface area contributed by atoms with Crippen LogP contribution in [-0.4, -0.2) is 25.6 Å². The van der Waals surface area contributed by atoms with E-state index in [0.717, 1.165) is 18.7 Å². The van der Waals surface area contributed by atoms with E-state index in [1.54, 1.807) is 24.5 Å². The Hall–Kier alpha value is -1.62. The Morgan fingerprint density at radius 3 is 2.57 bits per heavy atom. The standard InChI is InChI=1S/C15H20ClN3O2/c1-5-9(6-2)12-18-11-7-10(16)8-17-13(11)19(12)15(3,4)14(20)21/h7-9H,5-6H2,1-4H3,(H,20,21). The summed E-state index contributed by atoms with van der Waals surface area (Å²) < 4.78 is 1.73. The van der Waals surface area contributed by atoms with Gasteiger partial charge in [0, 0.05) is 12.1 Å². The zero-order chi connectivity index (χ0) is 15.8. The number of pyridine rings is 1. The van der Waals surface area contributed by atoms with E-state index < -0.39 is 11.5 Å². The van der Waals surface area contributed by atoms with Crippen LogP contribution in [0.2, 0.25) is 5.02 Å². The van der Waals surface area contributed by atoms with E-state index in [0.29, 0.717) is 16.2 Å². The number of fused-ring (bicyclic) bond motifs is 1. The number of hydrogen-bond acceptors (Lipinski definition) is 3. The van der Waals surface area contributed by atoms with Crippen molar-refractivity contribution >= 4 is 28.7 Å². The number of aromatic nitrogens is 3. The van der Waals surface area contributed by atoms with Crippen molar-refractivity contribution in [2.24, 2.45) is 0 Å². The van der Waals surface area contributed by atoms with E-state index in [9.17, 15) is 9.90 Å². The summed E-state index contributed by atoms with van der Waals surface area (Å²) in [6.07, 6.45) is 3.31. The SMILES string of the molecule is CCC(CC)c1nc2cc(Cl)cnc2n1C(C)(C)C(=O)O. The van der Waals surface area contributed by atoms with Crippen LogP contribution in [0.1, 0.15) is 52.3 Å². The molecule has 2 aromatic heterocycles. The quantitative estimate of drug-likeness (QED) is 0.912. The zero-order valence-electron chi connectivity index (χ0n) is 12.7. The van der Waals surface area contributed by atoms with Gasteiger partial charge in [-0.25, -0.2) is 14.8 Å². The van der Waals surface area contributed by atoms with Gasteiger partial charge in [-0.1, -0.05) is 25.4 Å². The van der Waals surface area contributed by atoms with Gasteiger partial charge in [0.25, 0.3) is 0 Å². The van der Waals surface area contributed by atoms with Crippen molar-refractivity contribution in [3.05, 3.63) is 23.1 Å². The molecule has 0 saturated carbocycles. The third-order valence-electron chi connectivity index (χ3n) is 3.92. The average molecular weight is 310 g/mol. The molecule has 0 unspecified atom stereocenters. The molecule has 0 aliphatic heterocycles. The van der Waals surface area contributed by atoms with Gasteiger partial charge in [0.2, 0.25) is 0 Å². The van der Waals surface area contributed by atoms with E-state index >= 15 is 0 Å². The first kappa shape index (κ1) is 15.8. The number of aliphatic carboxylic acids is 1. The normalized spacial score (nSPS) is 12.3. The summed E-state index contributed by atoms with van der Waals surface area (Å²) in [5.41, 5.74) is 0.0838. The minimum Gasteiger partial charge on any atom is -0.480 e. The van der Waals surface area contributed by atoms with Crippen LogP contribution in [0.15, 0.2) is 12.3 Å². The predicted molar refractivity (Wildman–Crippen MR) is 82.8 cm³/mol. The lowest BCUT2D eigenvalue weighted by Crippen LogP contribution is -2.37. The van der Waals surface area contributed by atoms with Gasteiger partial charge in [-0.2, -0.15) is 0 Å². The third-order valence-corrected chi connectivity index (χ3v) is 4.13. The van der Waals surface area contributed by atoms with Gasteiger partial charge in [-0.05, 0) is 32.8 Å². The summed E-state index contributed by atoms with van der Waals surface area (Å²) in [6, 6.07) is 1.73. The van der Waals surface area contributed by atoms with Gasteiger partial charge in [0.1, 0.15) is 16.9 Å². The lowest BCUT2D eigenvalue weighted by atomic mass is 9.99. The number of rotatable bonds is 5. The summed E-state index contributed by atoms with van der Waals surface area (Å²) >= 11 is 5.98. The molecule has 0 atom stereocenters. The van der Waals surface area contributed by atoms with Gasteiger partial charge in [-0.3, -0.25) is 4.57 Å². The number of halogens is 1. The van der Waals surface area contributed by atoms with E-state index in [1.807, 2.05) is 0 Å². The fraction of sp³-hybridized carbons (Fsp3) is 0.533. The highest BCUT2D eigenvalue weighted by molar-refractivity contribution is 6.31. The molecule has 0 spiro atoms. The van der Waals surface area contributed by atoms with E-state index in [-0.39, 0.29) is 5.92 Å². The van der Waals surface area contributed by atoms with Gasteiger partial charge in [-0.15, -0.1) is 0 Å². The highest BCUT2D eigenvalue weighted by Gasteiger charge is 2.35. The Morgan fingerprint density at radius 1 is 1.43 bits per heavy atom. The minimum atomic E-state index is -1.12. The van der Waals surface area contributed by atoms with Gasteiger partial charge < -0.3 is 5.11 Å². The maximum atomic E-state index is 11.7. The van der Waals surface area contributed by atoms with Crippen LogP contribution >= 0.6 is 11.6 Å². The Balaban J connectivity index is 2.80. The maximum absolute atomic E-state index is 11.7. The molecule has 0 saturated heterocycles. The van der Waals surface area contributed by atoms with Crippen molar-refractivity contribution < 1.29 is 9.90 Å².